The van der Waals surface area contributed by atoms with Crippen LogP contribution in [0.25, 0.3) is 0 Å². The second-order valence-corrected chi connectivity index (χ2v) is 9.68. The van der Waals surface area contributed by atoms with Crippen molar-refractivity contribution in [1.82, 2.24) is 9.99 Å². The molecule has 0 amide bonds. The zero-order valence-corrected chi connectivity index (χ0v) is 18.8. The maximum atomic E-state index is 6.78. The Bertz CT molecular complexity index is 1120. The van der Waals surface area contributed by atoms with Crippen molar-refractivity contribution in [3.8, 4) is 5.75 Å². The summed E-state index contributed by atoms with van der Waals surface area (Å²) in [7, 11) is 0. The van der Waals surface area contributed by atoms with Gasteiger partial charge in [0.1, 0.15) is 5.75 Å². The maximum Gasteiger partial charge on any atom is 0.198 e. The van der Waals surface area contributed by atoms with Crippen LogP contribution in [0, 0.1) is 0 Å². The molecule has 2 aromatic carbocycles. The molecule has 3 heterocycles. The fraction of sp³-hybridized carbons (Fsp3) is 0.308. The summed E-state index contributed by atoms with van der Waals surface area (Å²) < 4.78 is 7.86. The molecule has 5 heteroatoms. The standard InChI is InChI=1S/C26H24BrN3O/c27-21-6-7-25-22(16-21)24-17-23(20-10-14-28-15-11-20)29-30(24)26(31-25)12-8-19(9-13-26)18-4-2-1-3-5-18/h1-7,10-11,14-16,19,24H,8-9,12-13,17H2. The zero-order chi connectivity index (χ0) is 20.8. The van der Waals surface area contributed by atoms with E-state index >= 15 is 0 Å². The molecular weight excluding hydrogens is 450 g/mol. The van der Waals surface area contributed by atoms with Crippen LogP contribution in [0.4, 0.5) is 0 Å². The van der Waals surface area contributed by atoms with E-state index in [-0.39, 0.29) is 11.8 Å². The number of hydrazone groups is 1. The van der Waals surface area contributed by atoms with Crippen molar-refractivity contribution in [2.45, 2.75) is 49.8 Å². The Morgan fingerprint density at radius 1 is 0.968 bits per heavy atom. The minimum atomic E-state index is -0.369. The number of hydrogen-bond donors (Lipinski definition) is 0. The Morgan fingerprint density at radius 2 is 1.74 bits per heavy atom. The van der Waals surface area contributed by atoms with Crippen LogP contribution in [-0.2, 0) is 0 Å². The highest BCUT2D eigenvalue weighted by molar-refractivity contribution is 9.10. The molecule has 3 aromatic rings. The second kappa shape index (κ2) is 7.49. The van der Waals surface area contributed by atoms with E-state index in [2.05, 4.69) is 86.6 Å². The molecule has 1 atom stereocenters. The summed E-state index contributed by atoms with van der Waals surface area (Å²) in [5.41, 5.74) is 4.56. The third-order valence-corrected chi connectivity index (χ3v) is 7.50. The summed E-state index contributed by atoms with van der Waals surface area (Å²) in [6, 6.07) is 21.6. The molecule has 1 unspecified atom stereocenters. The van der Waals surface area contributed by atoms with Gasteiger partial charge in [0.25, 0.3) is 0 Å². The van der Waals surface area contributed by atoms with Gasteiger partial charge in [-0.3, -0.25) is 4.98 Å². The van der Waals surface area contributed by atoms with E-state index < -0.39 is 0 Å². The Balaban J connectivity index is 1.36. The SMILES string of the molecule is Brc1ccc2c(c1)C1CC(c3ccncc3)=NN1C1(CCC(c3ccccc3)CC1)O2. The van der Waals surface area contributed by atoms with E-state index in [0.29, 0.717) is 5.92 Å². The van der Waals surface area contributed by atoms with Gasteiger partial charge in [-0.15, -0.1) is 0 Å². The lowest BCUT2D eigenvalue weighted by Crippen LogP contribution is -2.55. The highest BCUT2D eigenvalue weighted by atomic mass is 79.9. The molecule has 1 spiro atoms. The van der Waals surface area contributed by atoms with Crippen molar-refractivity contribution >= 4 is 21.6 Å². The molecular formula is C26H24BrN3O. The van der Waals surface area contributed by atoms with Gasteiger partial charge in [0, 0.05) is 47.3 Å². The average molecular weight is 474 g/mol. The first-order valence-corrected chi connectivity index (χ1v) is 11.8. The first kappa shape index (κ1) is 19.1. The Hall–Kier alpha value is -2.66. The molecule has 1 saturated carbocycles. The van der Waals surface area contributed by atoms with Crippen molar-refractivity contribution in [2.24, 2.45) is 5.10 Å². The van der Waals surface area contributed by atoms with Gasteiger partial charge in [0.15, 0.2) is 5.72 Å². The lowest BCUT2D eigenvalue weighted by atomic mass is 9.78. The van der Waals surface area contributed by atoms with Crippen molar-refractivity contribution in [1.29, 1.82) is 0 Å². The number of pyridine rings is 1. The third kappa shape index (κ3) is 3.26. The Morgan fingerprint density at radius 3 is 2.52 bits per heavy atom. The van der Waals surface area contributed by atoms with E-state index in [1.165, 1.54) is 11.1 Å². The van der Waals surface area contributed by atoms with Gasteiger partial charge in [0.05, 0.1) is 11.8 Å². The van der Waals surface area contributed by atoms with Crippen molar-refractivity contribution < 1.29 is 4.74 Å². The lowest BCUT2D eigenvalue weighted by molar-refractivity contribution is -0.142. The Kier molecular flexibility index (Phi) is 4.60. The van der Waals surface area contributed by atoms with Gasteiger partial charge >= 0.3 is 0 Å². The molecule has 0 saturated heterocycles. The molecule has 0 radical (unpaired) electrons. The summed E-state index contributed by atoms with van der Waals surface area (Å²) in [4.78, 5) is 4.18. The predicted octanol–water partition coefficient (Wildman–Crippen LogP) is 6.44. The van der Waals surface area contributed by atoms with Gasteiger partial charge in [0.2, 0.25) is 0 Å². The highest BCUT2D eigenvalue weighted by Crippen LogP contribution is 2.53. The molecule has 1 aliphatic carbocycles. The van der Waals surface area contributed by atoms with Gasteiger partial charge in [-0.25, -0.2) is 5.01 Å². The minimum Gasteiger partial charge on any atom is -0.466 e. The average Bonchev–Trinajstić information content (AvgIpc) is 3.29. The van der Waals surface area contributed by atoms with Gasteiger partial charge in [-0.2, -0.15) is 5.10 Å². The first-order chi connectivity index (χ1) is 15.2. The van der Waals surface area contributed by atoms with Crippen molar-refractivity contribution in [3.05, 3.63) is 94.2 Å². The van der Waals surface area contributed by atoms with E-state index in [1.807, 2.05) is 12.4 Å². The summed E-state index contributed by atoms with van der Waals surface area (Å²) in [6.45, 7) is 0. The Labute approximate surface area is 191 Å². The molecule has 3 aliphatic rings. The fourth-order valence-electron chi connectivity index (χ4n) is 5.43. The number of fused-ring (bicyclic) bond motifs is 4. The van der Waals surface area contributed by atoms with Crippen LogP contribution in [0.3, 0.4) is 0 Å². The predicted molar refractivity (Wildman–Crippen MR) is 125 cm³/mol. The number of halogens is 1. The van der Waals surface area contributed by atoms with E-state index in [9.17, 15) is 0 Å². The number of nitrogens with zero attached hydrogens (tertiary/aromatic N) is 3. The molecule has 0 bridgehead atoms. The summed E-state index contributed by atoms with van der Waals surface area (Å²) >= 11 is 3.65. The van der Waals surface area contributed by atoms with Gasteiger partial charge in [-0.1, -0.05) is 46.3 Å². The number of rotatable bonds is 2. The molecule has 31 heavy (non-hydrogen) atoms. The normalized spacial score (nSPS) is 26.7. The molecule has 0 N–H and O–H groups in total. The van der Waals surface area contributed by atoms with Crippen molar-refractivity contribution in [3.63, 3.8) is 0 Å². The third-order valence-electron chi connectivity index (χ3n) is 7.01. The molecule has 6 rings (SSSR count). The molecule has 4 nitrogen and oxygen atoms in total. The topological polar surface area (TPSA) is 37.7 Å². The zero-order valence-electron chi connectivity index (χ0n) is 17.2. The smallest absolute Gasteiger partial charge is 0.198 e. The van der Waals surface area contributed by atoms with Crippen LogP contribution >= 0.6 is 15.9 Å². The van der Waals surface area contributed by atoms with Gasteiger partial charge < -0.3 is 4.74 Å². The molecule has 1 aromatic heterocycles. The van der Waals surface area contributed by atoms with Crippen LogP contribution in [0.2, 0.25) is 0 Å². The fourth-order valence-corrected chi connectivity index (χ4v) is 5.81. The van der Waals surface area contributed by atoms with Crippen LogP contribution in [-0.4, -0.2) is 21.4 Å². The monoisotopic (exact) mass is 473 g/mol. The molecule has 1 fully saturated rings. The largest absolute Gasteiger partial charge is 0.466 e. The van der Waals surface area contributed by atoms with E-state index in [1.54, 1.807) is 0 Å². The highest BCUT2D eigenvalue weighted by Gasteiger charge is 2.52. The quantitative estimate of drug-likeness (QED) is 0.429. The summed E-state index contributed by atoms with van der Waals surface area (Å²) in [6.07, 6.45) is 8.75. The van der Waals surface area contributed by atoms with Crippen LogP contribution < -0.4 is 4.74 Å². The number of ether oxygens (including phenoxy) is 1. The molecule has 2 aliphatic heterocycles. The molecule has 156 valence electrons. The summed E-state index contributed by atoms with van der Waals surface area (Å²) in [5, 5.41) is 7.46. The number of benzene rings is 2. The first-order valence-electron chi connectivity index (χ1n) is 11.0. The second-order valence-electron chi connectivity index (χ2n) is 8.76. The van der Waals surface area contributed by atoms with Crippen LogP contribution in [0.1, 0.15) is 60.8 Å². The number of hydrogen-bond acceptors (Lipinski definition) is 4. The number of aromatic nitrogens is 1. The van der Waals surface area contributed by atoms with Crippen LogP contribution in [0.15, 0.2) is 82.6 Å². The van der Waals surface area contributed by atoms with E-state index in [4.69, 9.17) is 9.84 Å². The van der Waals surface area contributed by atoms with Gasteiger partial charge in [-0.05, 0) is 54.7 Å². The summed E-state index contributed by atoms with van der Waals surface area (Å²) in [5.74, 6) is 1.60. The van der Waals surface area contributed by atoms with Crippen LogP contribution in [0.5, 0.6) is 5.75 Å². The maximum absolute atomic E-state index is 6.78. The van der Waals surface area contributed by atoms with Crippen molar-refractivity contribution in [2.75, 3.05) is 0 Å². The lowest BCUT2D eigenvalue weighted by Gasteiger charge is -2.50. The minimum absolute atomic E-state index is 0.206. The van der Waals surface area contributed by atoms with E-state index in [0.717, 1.165) is 53.6 Å².